The van der Waals surface area contributed by atoms with Crippen LogP contribution in [0.5, 0.6) is 5.75 Å². The Morgan fingerprint density at radius 2 is 1.78 bits per heavy atom. The fourth-order valence-electron chi connectivity index (χ4n) is 3.34. The molecular formula is C22H27BrN2O2. The number of ether oxygens (including phenoxy) is 1. The van der Waals surface area contributed by atoms with Gasteiger partial charge in [-0.25, -0.2) is 0 Å². The zero-order valence-electron chi connectivity index (χ0n) is 16.2. The monoisotopic (exact) mass is 430 g/mol. The van der Waals surface area contributed by atoms with Gasteiger partial charge in [-0.2, -0.15) is 0 Å². The van der Waals surface area contributed by atoms with Crippen molar-refractivity contribution in [2.45, 2.75) is 51.7 Å². The molecule has 1 heterocycles. The molecule has 0 spiro atoms. The van der Waals surface area contributed by atoms with Crippen molar-refractivity contribution in [3.8, 4) is 5.75 Å². The van der Waals surface area contributed by atoms with Gasteiger partial charge >= 0.3 is 0 Å². The topological polar surface area (TPSA) is 41.6 Å². The second-order valence-electron chi connectivity index (χ2n) is 7.61. The number of hydrogen-bond donors (Lipinski definition) is 1. The van der Waals surface area contributed by atoms with E-state index in [4.69, 9.17) is 4.74 Å². The summed E-state index contributed by atoms with van der Waals surface area (Å²) in [6, 6.07) is 16.1. The van der Waals surface area contributed by atoms with E-state index < -0.39 is 5.60 Å². The van der Waals surface area contributed by atoms with Gasteiger partial charge in [0.25, 0.3) is 5.91 Å². The Labute approximate surface area is 170 Å². The number of amides is 1. The Kier molecular flexibility index (Phi) is 6.10. The highest BCUT2D eigenvalue weighted by atomic mass is 79.9. The number of nitrogens with zero attached hydrogens (tertiary/aromatic N) is 1. The summed E-state index contributed by atoms with van der Waals surface area (Å²) in [4.78, 5) is 15.1. The second kappa shape index (κ2) is 8.34. The molecule has 5 heteroatoms. The maximum absolute atomic E-state index is 12.7. The first-order valence-corrected chi connectivity index (χ1v) is 10.3. The van der Waals surface area contributed by atoms with Crippen LogP contribution in [0.25, 0.3) is 0 Å². The van der Waals surface area contributed by atoms with Gasteiger partial charge in [0.2, 0.25) is 0 Å². The van der Waals surface area contributed by atoms with Crippen LogP contribution >= 0.6 is 15.9 Å². The van der Waals surface area contributed by atoms with Crippen LogP contribution in [-0.4, -0.2) is 24.1 Å². The van der Waals surface area contributed by atoms with Crippen LogP contribution in [0.15, 0.2) is 53.0 Å². The van der Waals surface area contributed by atoms with Crippen molar-refractivity contribution >= 4 is 33.2 Å². The van der Waals surface area contributed by atoms with E-state index in [2.05, 4.69) is 45.2 Å². The Morgan fingerprint density at radius 1 is 1.11 bits per heavy atom. The highest BCUT2D eigenvalue weighted by Gasteiger charge is 2.30. The number of carbonyl (C=O) groups is 1. The zero-order valence-corrected chi connectivity index (χ0v) is 17.8. The largest absolute Gasteiger partial charge is 0.478 e. The van der Waals surface area contributed by atoms with Gasteiger partial charge in [0.05, 0.1) is 0 Å². The molecule has 4 nitrogen and oxygen atoms in total. The first-order valence-electron chi connectivity index (χ1n) is 9.48. The third-order valence-electron chi connectivity index (χ3n) is 4.99. The highest BCUT2D eigenvalue weighted by molar-refractivity contribution is 9.10. The maximum Gasteiger partial charge on any atom is 0.267 e. The lowest BCUT2D eigenvalue weighted by atomic mass is 10.0. The van der Waals surface area contributed by atoms with Crippen LogP contribution in [0.4, 0.5) is 11.4 Å². The predicted octanol–water partition coefficient (Wildman–Crippen LogP) is 5.62. The minimum atomic E-state index is -0.978. The molecule has 0 aliphatic carbocycles. The Hall–Kier alpha value is -2.01. The van der Waals surface area contributed by atoms with Crippen molar-refractivity contribution in [1.82, 2.24) is 0 Å². The van der Waals surface area contributed by atoms with Crippen molar-refractivity contribution in [3.63, 3.8) is 0 Å². The molecule has 0 bridgehead atoms. The third kappa shape index (κ3) is 5.04. The molecule has 0 radical (unpaired) electrons. The third-order valence-corrected chi connectivity index (χ3v) is 5.52. The van der Waals surface area contributed by atoms with Gasteiger partial charge in [0.15, 0.2) is 5.60 Å². The minimum Gasteiger partial charge on any atom is -0.478 e. The normalized spacial score (nSPS) is 17.5. The molecule has 3 rings (SSSR count). The summed E-state index contributed by atoms with van der Waals surface area (Å²) >= 11 is 3.40. The number of hydrogen-bond acceptors (Lipinski definition) is 3. The molecule has 2 aromatic rings. The molecule has 1 N–H and O–H groups in total. The molecule has 144 valence electrons. The van der Waals surface area contributed by atoms with Crippen LogP contribution in [0, 0.1) is 0 Å². The molecule has 0 unspecified atom stereocenters. The van der Waals surface area contributed by atoms with Gasteiger partial charge in [-0.3, -0.25) is 4.79 Å². The van der Waals surface area contributed by atoms with Crippen LogP contribution in [0.1, 0.15) is 40.0 Å². The SMILES string of the molecule is C[C@H]1CCCCN1c1ccc(NC(=O)C(C)(C)Oc2ccc(Br)cc2)cc1. The molecule has 1 aliphatic rings. The van der Waals surface area contributed by atoms with E-state index in [1.54, 1.807) is 13.8 Å². The molecule has 1 saturated heterocycles. The van der Waals surface area contributed by atoms with E-state index in [1.165, 1.54) is 24.9 Å². The average molecular weight is 431 g/mol. The molecule has 1 amide bonds. The average Bonchev–Trinajstić information content (AvgIpc) is 2.65. The lowest BCUT2D eigenvalue weighted by Gasteiger charge is -2.35. The fraction of sp³-hybridized carbons (Fsp3) is 0.409. The molecule has 2 aromatic carbocycles. The fourth-order valence-corrected chi connectivity index (χ4v) is 3.61. The van der Waals surface area contributed by atoms with E-state index >= 15 is 0 Å². The van der Waals surface area contributed by atoms with Crippen LogP contribution in [0.2, 0.25) is 0 Å². The highest BCUT2D eigenvalue weighted by Crippen LogP contribution is 2.27. The Morgan fingerprint density at radius 3 is 2.41 bits per heavy atom. The van der Waals surface area contributed by atoms with Crippen molar-refractivity contribution in [1.29, 1.82) is 0 Å². The minimum absolute atomic E-state index is 0.176. The van der Waals surface area contributed by atoms with Gasteiger partial charge in [0.1, 0.15) is 5.75 Å². The summed E-state index contributed by atoms with van der Waals surface area (Å²) in [5.74, 6) is 0.484. The molecule has 1 fully saturated rings. The summed E-state index contributed by atoms with van der Waals surface area (Å²) in [7, 11) is 0. The zero-order chi connectivity index (χ0) is 19.4. The molecule has 0 aromatic heterocycles. The van der Waals surface area contributed by atoms with Crippen molar-refractivity contribution < 1.29 is 9.53 Å². The van der Waals surface area contributed by atoms with Crippen LogP contribution in [-0.2, 0) is 4.79 Å². The number of benzene rings is 2. The predicted molar refractivity (Wildman–Crippen MR) is 115 cm³/mol. The van der Waals surface area contributed by atoms with E-state index in [1.807, 2.05) is 36.4 Å². The standard InChI is InChI=1S/C22H27BrN2O2/c1-16-6-4-5-15-25(16)19-11-9-18(10-12-19)24-21(26)22(2,3)27-20-13-7-17(23)8-14-20/h7-14,16H,4-6,15H2,1-3H3,(H,24,26)/t16-/m0/s1. The van der Waals surface area contributed by atoms with Crippen LogP contribution in [0.3, 0.4) is 0 Å². The first kappa shape index (κ1) is 19.7. The summed E-state index contributed by atoms with van der Waals surface area (Å²) in [5, 5.41) is 2.96. The maximum atomic E-state index is 12.7. The number of anilines is 2. The van der Waals surface area contributed by atoms with E-state index in [-0.39, 0.29) is 5.91 Å². The number of piperidine rings is 1. The Bertz CT molecular complexity index is 772. The molecule has 1 aliphatic heterocycles. The summed E-state index contributed by atoms with van der Waals surface area (Å²) < 4.78 is 6.86. The van der Waals surface area contributed by atoms with E-state index in [0.29, 0.717) is 11.8 Å². The Balaban J connectivity index is 1.63. The molecule has 0 saturated carbocycles. The van der Waals surface area contributed by atoms with Gasteiger partial charge < -0.3 is 15.0 Å². The lowest BCUT2D eigenvalue weighted by Crippen LogP contribution is -2.42. The number of halogens is 1. The lowest BCUT2D eigenvalue weighted by molar-refractivity contribution is -0.128. The molecule has 1 atom stereocenters. The van der Waals surface area contributed by atoms with Crippen molar-refractivity contribution in [2.24, 2.45) is 0 Å². The number of rotatable bonds is 5. The van der Waals surface area contributed by atoms with Gasteiger partial charge in [-0.15, -0.1) is 0 Å². The van der Waals surface area contributed by atoms with E-state index in [9.17, 15) is 4.79 Å². The first-order chi connectivity index (χ1) is 12.8. The quantitative estimate of drug-likeness (QED) is 0.668. The second-order valence-corrected chi connectivity index (χ2v) is 8.52. The van der Waals surface area contributed by atoms with Gasteiger partial charge in [-0.05, 0) is 88.6 Å². The number of carbonyl (C=O) groups excluding carboxylic acids is 1. The summed E-state index contributed by atoms with van der Waals surface area (Å²) in [6.45, 7) is 6.92. The van der Waals surface area contributed by atoms with Crippen LogP contribution < -0.4 is 15.0 Å². The summed E-state index contributed by atoms with van der Waals surface area (Å²) in [5.41, 5.74) is 1.01. The molecular weight excluding hydrogens is 404 g/mol. The van der Waals surface area contributed by atoms with Gasteiger partial charge in [-0.1, -0.05) is 15.9 Å². The van der Waals surface area contributed by atoms with Crippen molar-refractivity contribution in [3.05, 3.63) is 53.0 Å². The smallest absolute Gasteiger partial charge is 0.267 e. The number of nitrogens with one attached hydrogen (secondary N) is 1. The van der Waals surface area contributed by atoms with Gasteiger partial charge in [0, 0.05) is 28.4 Å². The van der Waals surface area contributed by atoms with E-state index in [0.717, 1.165) is 16.7 Å². The summed E-state index contributed by atoms with van der Waals surface area (Å²) in [6.07, 6.45) is 3.78. The van der Waals surface area contributed by atoms with Crippen molar-refractivity contribution in [2.75, 3.05) is 16.8 Å². The molecule has 27 heavy (non-hydrogen) atoms.